The lowest BCUT2D eigenvalue weighted by molar-refractivity contribution is 0.582. The lowest BCUT2D eigenvalue weighted by atomic mass is 10.3. The van der Waals surface area contributed by atoms with Crippen LogP contribution in [0.2, 0.25) is 0 Å². The van der Waals surface area contributed by atoms with Crippen molar-refractivity contribution in [3.63, 3.8) is 0 Å². The molecule has 1 heterocycles. The molecule has 1 saturated heterocycles. The second-order valence-electron chi connectivity index (χ2n) is 2.83. The molecular weight excluding hydrogens is 138 g/mol. The first-order valence-electron chi connectivity index (χ1n) is 3.16. The first kappa shape index (κ1) is 5.68. The number of rotatable bonds is 0. The van der Waals surface area contributed by atoms with E-state index in [0.29, 0.717) is 6.54 Å². The van der Waals surface area contributed by atoms with Crippen molar-refractivity contribution in [2.75, 3.05) is 6.54 Å². The smallest absolute Gasteiger partial charge is 0.215 e. The Labute approximate surface area is 54.5 Å². The molecule has 3 nitrogen and oxygen atoms in total. The summed E-state index contributed by atoms with van der Waals surface area (Å²) in [4.78, 5) is 0. The summed E-state index contributed by atoms with van der Waals surface area (Å²) < 4.78 is 24.3. The molecule has 0 unspecified atom stereocenters. The lowest BCUT2D eigenvalue weighted by Gasteiger charge is -2.00. The molecule has 1 aliphatic heterocycles. The van der Waals surface area contributed by atoms with Crippen LogP contribution < -0.4 is 4.72 Å². The highest BCUT2D eigenvalue weighted by Crippen LogP contribution is 2.48. The molecule has 9 heavy (non-hydrogen) atoms. The summed E-state index contributed by atoms with van der Waals surface area (Å²) in [5.41, 5.74) is 0. The van der Waals surface area contributed by atoms with Gasteiger partial charge in [-0.15, -0.1) is 0 Å². The first-order chi connectivity index (χ1) is 4.16. The molecule has 52 valence electrons. The number of hydrogen-bond donors (Lipinski definition) is 1. The van der Waals surface area contributed by atoms with Crippen LogP contribution in [0.4, 0.5) is 0 Å². The van der Waals surface area contributed by atoms with Gasteiger partial charge in [0.25, 0.3) is 0 Å². The molecule has 1 spiro atoms. The van der Waals surface area contributed by atoms with Gasteiger partial charge in [-0.05, 0) is 19.3 Å². The van der Waals surface area contributed by atoms with E-state index in [4.69, 9.17) is 0 Å². The fourth-order valence-corrected chi connectivity index (χ4v) is 3.05. The topological polar surface area (TPSA) is 46.2 Å². The van der Waals surface area contributed by atoms with Gasteiger partial charge in [0.2, 0.25) is 10.0 Å². The zero-order valence-corrected chi connectivity index (χ0v) is 5.87. The summed E-state index contributed by atoms with van der Waals surface area (Å²) in [7, 11) is -2.86. The minimum absolute atomic E-state index is 0.299. The molecule has 0 bridgehead atoms. The molecule has 0 radical (unpaired) electrons. The molecule has 0 atom stereocenters. The van der Waals surface area contributed by atoms with Crippen LogP contribution >= 0.6 is 0 Å². The van der Waals surface area contributed by atoms with E-state index in [1.165, 1.54) is 0 Å². The molecule has 4 heteroatoms. The molecule has 1 aliphatic carbocycles. The van der Waals surface area contributed by atoms with Crippen LogP contribution in [0.1, 0.15) is 19.3 Å². The third-order valence-electron chi connectivity index (χ3n) is 2.25. The van der Waals surface area contributed by atoms with E-state index in [1.54, 1.807) is 0 Å². The van der Waals surface area contributed by atoms with Crippen molar-refractivity contribution in [1.29, 1.82) is 0 Å². The van der Waals surface area contributed by atoms with Crippen molar-refractivity contribution in [1.82, 2.24) is 4.72 Å². The number of sulfonamides is 1. The van der Waals surface area contributed by atoms with E-state index < -0.39 is 10.0 Å². The minimum Gasteiger partial charge on any atom is -0.215 e. The van der Waals surface area contributed by atoms with Gasteiger partial charge in [-0.25, -0.2) is 13.1 Å². The Morgan fingerprint density at radius 2 is 1.89 bits per heavy atom. The van der Waals surface area contributed by atoms with Crippen LogP contribution in [0, 0.1) is 0 Å². The van der Waals surface area contributed by atoms with E-state index >= 15 is 0 Å². The highest BCUT2D eigenvalue weighted by molar-refractivity contribution is 7.91. The fraction of sp³-hybridized carbons (Fsp3) is 1.00. The molecule has 0 aromatic heterocycles. The first-order valence-corrected chi connectivity index (χ1v) is 4.64. The van der Waals surface area contributed by atoms with Crippen molar-refractivity contribution in [3.8, 4) is 0 Å². The van der Waals surface area contributed by atoms with Gasteiger partial charge in [-0.1, -0.05) is 0 Å². The monoisotopic (exact) mass is 147 g/mol. The van der Waals surface area contributed by atoms with Gasteiger partial charge in [-0.2, -0.15) is 0 Å². The van der Waals surface area contributed by atoms with Gasteiger partial charge in [0.05, 0.1) is 4.75 Å². The SMILES string of the molecule is O=S1(=O)NCCC12CC2. The summed E-state index contributed by atoms with van der Waals surface area (Å²) in [6.07, 6.45) is 2.58. The second-order valence-corrected chi connectivity index (χ2v) is 4.99. The highest BCUT2D eigenvalue weighted by atomic mass is 32.2. The molecule has 0 aromatic carbocycles. The number of nitrogens with one attached hydrogen (secondary N) is 1. The Morgan fingerprint density at radius 3 is 2.11 bits per heavy atom. The van der Waals surface area contributed by atoms with E-state index in [9.17, 15) is 8.42 Å². The second kappa shape index (κ2) is 1.32. The van der Waals surface area contributed by atoms with E-state index in [-0.39, 0.29) is 4.75 Å². The third kappa shape index (κ3) is 0.576. The van der Waals surface area contributed by atoms with Crippen molar-refractivity contribution < 1.29 is 8.42 Å². The Kier molecular flexibility index (Phi) is 0.833. The molecule has 1 N–H and O–H groups in total. The van der Waals surface area contributed by atoms with Gasteiger partial charge >= 0.3 is 0 Å². The maximum absolute atomic E-state index is 11.0. The van der Waals surface area contributed by atoms with Gasteiger partial charge in [0.15, 0.2) is 0 Å². The standard InChI is InChI=1S/C5H9NO2S/c7-9(8)5(1-2-5)3-4-6-9/h6H,1-4H2. The van der Waals surface area contributed by atoms with Crippen LogP contribution in [-0.4, -0.2) is 19.7 Å². The quantitative estimate of drug-likeness (QED) is 0.517. The molecule has 0 amide bonds. The fourth-order valence-electron chi connectivity index (χ4n) is 1.36. The average Bonchev–Trinajstić information content (AvgIpc) is 2.41. The van der Waals surface area contributed by atoms with Crippen LogP contribution in [0.25, 0.3) is 0 Å². The third-order valence-corrected chi connectivity index (χ3v) is 4.59. The Morgan fingerprint density at radius 1 is 1.22 bits per heavy atom. The van der Waals surface area contributed by atoms with E-state index in [0.717, 1.165) is 19.3 Å². The Hall–Kier alpha value is -0.0900. The zero-order valence-electron chi connectivity index (χ0n) is 5.05. The van der Waals surface area contributed by atoms with Crippen molar-refractivity contribution >= 4 is 10.0 Å². The predicted octanol–water partition coefficient (Wildman–Crippen LogP) is -0.158. The van der Waals surface area contributed by atoms with Gasteiger partial charge in [0.1, 0.15) is 0 Å². The summed E-state index contributed by atoms with van der Waals surface area (Å²) >= 11 is 0. The minimum atomic E-state index is -2.86. The average molecular weight is 147 g/mol. The highest BCUT2D eigenvalue weighted by Gasteiger charge is 2.57. The van der Waals surface area contributed by atoms with Crippen LogP contribution in [0.3, 0.4) is 0 Å². The maximum atomic E-state index is 11.0. The van der Waals surface area contributed by atoms with Crippen molar-refractivity contribution in [3.05, 3.63) is 0 Å². The molecule has 1 saturated carbocycles. The van der Waals surface area contributed by atoms with E-state index in [2.05, 4.69) is 4.72 Å². The Balaban J connectivity index is 2.45. The zero-order chi connectivity index (χ0) is 6.54. The largest absolute Gasteiger partial charge is 0.217 e. The lowest BCUT2D eigenvalue weighted by Crippen LogP contribution is -2.24. The predicted molar refractivity (Wildman–Crippen MR) is 33.5 cm³/mol. The summed E-state index contributed by atoms with van der Waals surface area (Å²) in [5.74, 6) is 0. The van der Waals surface area contributed by atoms with Gasteiger partial charge < -0.3 is 0 Å². The van der Waals surface area contributed by atoms with Gasteiger partial charge in [0, 0.05) is 6.54 Å². The van der Waals surface area contributed by atoms with Crippen LogP contribution in [0.5, 0.6) is 0 Å². The van der Waals surface area contributed by atoms with Crippen molar-refractivity contribution in [2.24, 2.45) is 0 Å². The van der Waals surface area contributed by atoms with E-state index in [1.807, 2.05) is 0 Å². The molecular formula is C5H9NO2S. The summed E-state index contributed by atoms with van der Waals surface area (Å²) in [6.45, 7) is 0.655. The molecule has 0 aromatic rings. The number of hydrogen-bond acceptors (Lipinski definition) is 2. The summed E-state index contributed by atoms with van der Waals surface area (Å²) in [6, 6.07) is 0. The summed E-state index contributed by atoms with van der Waals surface area (Å²) in [5, 5.41) is 0. The maximum Gasteiger partial charge on any atom is 0.217 e. The van der Waals surface area contributed by atoms with Gasteiger partial charge in [-0.3, -0.25) is 0 Å². The molecule has 2 fully saturated rings. The van der Waals surface area contributed by atoms with Crippen molar-refractivity contribution in [2.45, 2.75) is 24.0 Å². The molecule has 2 rings (SSSR count). The van der Waals surface area contributed by atoms with Crippen LogP contribution in [-0.2, 0) is 10.0 Å². The van der Waals surface area contributed by atoms with Crippen LogP contribution in [0.15, 0.2) is 0 Å². The molecule has 2 aliphatic rings. The normalized spacial score (nSPS) is 35.1. The Bertz CT molecular complexity index is 227.